The van der Waals surface area contributed by atoms with E-state index in [1.807, 2.05) is 17.5 Å². The lowest BCUT2D eigenvalue weighted by Crippen LogP contribution is -2.42. The Labute approximate surface area is 137 Å². The minimum atomic E-state index is -0.198. The van der Waals surface area contributed by atoms with Gasteiger partial charge in [-0.2, -0.15) is 4.80 Å². The highest BCUT2D eigenvalue weighted by atomic mass is 32.1. The Kier molecular flexibility index (Phi) is 4.65. The van der Waals surface area contributed by atoms with Gasteiger partial charge in [0, 0.05) is 13.1 Å². The molecule has 3 rings (SSSR count). The van der Waals surface area contributed by atoms with E-state index in [0.717, 1.165) is 4.88 Å². The van der Waals surface area contributed by atoms with Crippen molar-refractivity contribution >= 4 is 23.2 Å². The summed E-state index contributed by atoms with van der Waals surface area (Å²) in [4.78, 5) is 27.7. The molecular weight excluding hydrogens is 318 g/mol. The molecule has 0 bridgehead atoms. The molecule has 0 unspecified atom stereocenters. The normalized spacial score (nSPS) is 15.6. The van der Waals surface area contributed by atoms with E-state index in [1.165, 1.54) is 23.2 Å². The monoisotopic (exact) mass is 335 g/mol. The fourth-order valence-corrected chi connectivity index (χ4v) is 3.21. The number of piperidine rings is 1. The van der Waals surface area contributed by atoms with Crippen molar-refractivity contribution in [3.63, 3.8) is 0 Å². The molecule has 0 saturated carbocycles. The molecule has 122 valence electrons. The van der Waals surface area contributed by atoms with Crippen LogP contribution < -0.4 is 0 Å². The van der Waals surface area contributed by atoms with Crippen molar-refractivity contribution in [1.82, 2.24) is 25.1 Å². The number of carbonyl (C=O) groups excluding carboxylic acids is 2. The highest BCUT2D eigenvalue weighted by Gasteiger charge is 2.28. The molecule has 23 heavy (non-hydrogen) atoms. The zero-order chi connectivity index (χ0) is 16.2. The van der Waals surface area contributed by atoms with Crippen molar-refractivity contribution < 1.29 is 14.3 Å². The third-order valence-electron chi connectivity index (χ3n) is 3.85. The highest BCUT2D eigenvalue weighted by Crippen LogP contribution is 2.20. The van der Waals surface area contributed by atoms with Crippen LogP contribution in [0.2, 0.25) is 0 Å². The molecule has 0 radical (unpaired) electrons. The molecule has 0 atom stereocenters. The molecule has 1 aliphatic heterocycles. The minimum Gasteiger partial charge on any atom is -0.469 e. The molecule has 8 nitrogen and oxygen atoms in total. The number of thiophene rings is 1. The van der Waals surface area contributed by atoms with Gasteiger partial charge in [-0.3, -0.25) is 9.59 Å². The van der Waals surface area contributed by atoms with Crippen molar-refractivity contribution in [2.24, 2.45) is 5.92 Å². The maximum absolute atomic E-state index is 12.3. The van der Waals surface area contributed by atoms with Crippen molar-refractivity contribution in [3.8, 4) is 10.7 Å². The lowest BCUT2D eigenvalue weighted by molar-refractivity contribution is -0.149. The van der Waals surface area contributed by atoms with E-state index >= 15 is 0 Å². The maximum atomic E-state index is 12.3. The van der Waals surface area contributed by atoms with E-state index in [4.69, 9.17) is 4.74 Å². The zero-order valence-electron chi connectivity index (χ0n) is 12.7. The van der Waals surface area contributed by atoms with Crippen molar-refractivity contribution in [2.45, 2.75) is 19.4 Å². The summed E-state index contributed by atoms with van der Waals surface area (Å²) in [7, 11) is 1.39. The smallest absolute Gasteiger partial charge is 0.308 e. The average Bonchev–Trinajstić information content (AvgIpc) is 3.25. The molecule has 2 aromatic rings. The Morgan fingerprint density at radius 1 is 1.39 bits per heavy atom. The largest absolute Gasteiger partial charge is 0.469 e. The predicted molar refractivity (Wildman–Crippen MR) is 82.5 cm³/mol. The summed E-state index contributed by atoms with van der Waals surface area (Å²) in [6, 6.07) is 3.82. The summed E-state index contributed by atoms with van der Waals surface area (Å²) >= 11 is 1.52. The van der Waals surface area contributed by atoms with Crippen LogP contribution in [0.4, 0.5) is 0 Å². The molecule has 1 aliphatic rings. The molecule has 3 heterocycles. The summed E-state index contributed by atoms with van der Waals surface area (Å²) in [6.45, 7) is 1.15. The zero-order valence-corrected chi connectivity index (χ0v) is 13.5. The van der Waals surface area contributed by atoms with Gasteiger partial charge in [-0.1, -0.05) is 6.07 Å². The van der Waals surface area contributed by atoms with Gasteiger partial charge < -0.3 is 9.64 Å². The lowest BCUT2D eigenvalue weighted by Gasteiger charge is -2.30. The summed E-state index contributed by atoms with van der Waals surface area (Å²) in [6.07, 6.45) is 1.26. The Bertz CT molecular complexity index is 676. The summed E-state index contributed by atoms with van der Waals surface area (Å²) < 4.78 is 4.75. The van der Waals surface area contributed by atoms with Gasteiger partial charge in [0.1, 0.15) is 6.54 Å². The van der Waals surface area contributed by atoms with Gasteiger partial charge in [0.15, 0.2) is 0 Å². The van der Waals surface area contributed by atoms with Gasteiger partial charge in [0.05, 0.1) is 17.9 Å². The Morgan fingerprint density at radius 3 is 2.83 bits per heavy atom. The number of likely N-dealkylation sites (tertiary alicyclic amines) is 1. The van der Waals surface area contributed by atoms with Gasteiger partial charge in [-0.15, -0.1) is 21.5 Å². The first-order valence-corrected chi connectivity index (χ1v) is 8.22. The average molecular weight is 335 g/mol. The van der Waals surface area contributed by atoms with Gasteiger partial charge in [0.25, 0.3) is 0 Å². The summed E-state index contributed by atoms with van der Waals surface area (Å²) in [5.41, 5.74) is 0. The van der Waals surface area contributed by atoms with E-state index in [-0.39, 0.29) is 24.3 Å². The lowest BCUT2D eigenvalue weighted by atomic mass is 9.97. The number of ether oxygens (including phenoxy) is 1. The number of methoxy groups -OCH3 is 1. The van der Waals surface area contributed by atoms with Crippen molar-refractivity contribution in [3.05, 3.63) is 17.5 Å². The number of carbonyl (C=O) groups is 2. The van der Waals surface area contributed by atoms with Crippen LogP contribution in [-0.2, 0) is 20.9 Å². The number of tetrazole rings is 1. The molecule has 1 saturated heterocycles. The first kappa shape index (κ1) is 15.6. The fraction of sp³-hybridized carbons (Fsp3) is 0.500. The number of esters is 1. The molecular formula is C14H17N5O3S. The van der Waals surface area contributed by atoms with Crippen LogP contribution in [0, 0.1) is 5.92 Å². The van der Waals surface area contributed by atoms with E-state index in [0.29, 0.717) is 31.8 Å². The van der Waals surface area contributed by atoms with Crippen LogP contribution >= 0.6 is 11.3 Å². The van der Waals surface area contributed by atoms with E-state index in [1.54, 1.807) is 4.90 Å². The molecule has 0 aromatic carbocycles. The quantitative estimate of drug-likeness (QED) is 0.768. The summed E-state index contributed by atoms with van der Waals surface area (Å²) in [5.74, 6) is 0.148. The number of aromatic nitrogens is 4. The van der Waals surface area contributed by atoms with Crippen LogP contribution in [0.25, 0.3) is 10.7 Å². The van der Waals surface area contributed by atoms with Gasteiger partial charge in [0.2, 0.25) is 11.7 Å². The Balaban J connectivity index is 1.55. The molecule has 1 amide bonds. The predicted octanol–water partition coefficient (Wildman–Crippen LogP) is 0.813. The molecule has 1 fully saturated rings. The first-order valence-electron chi connectivity index (χ1n) is 7.34. The van der Waals surface area contributed by atoms with E-state index < -0.39 is 0 Å². The van der Waals surface area contributed by atoms with Gasteiger partial charge in [-0.25, -0.2) is 0 Å². The Morgan fingerprint density at radius 2 is 2.17 bits per heavy atom. The maximum Gasteiger partial charge on any atom is 0.308 e. The van der Waals surface area contributed by atoms with Crippen molar-refractivity contribution in [2.75, 3.05) is 20.2 Å². The topological polar surface area (TPSA) is 90.2 Å². The number of rotatable bonds is 4. The Hall–Kier alpha value is -2.29. The van der Waals surface area contributed by atoms with Crippen molar-refractivity contribution in [1.29, 1.82) is 0 Å². The van der Waals surface area contributed by atoms with Gasteiger partial charge >= 0.3 is 5.97 Å². The van der Waals surface area contributed by atoms with Crippen LogP contribution in [0.15, 0.2) is 17.5 Å². The molecule has 0 aliphatic carbocycles. The second-order valence-corrected chi connectivity index (χ2v) is 6.25. The molecule has 2 aromatic heterocycles. The molecule has 0 N–H and O–H groups in total. The van der Waals surface area contributed by atoms with E-state index in [2.05, 4.69) is 15.4 Å². The number of hydrogen-bond donors (Lipinski definition) is 0. The standard InChI is InChI=1S/C14H17N5O3S/c1-22-14(21)10-4-6-18(7-5-10)12(20)9-19-16-13(15-17-19)11-3-2-8-23-11/h2-3,8,10H,4-7,9H2,1H3. The second-order valence-electron chi connectivity index (χ2n) is 5.30. The van der Waals surface area contributed by atoms with Crippen LogP contribution in [0.3, 0.4) is 0 Å². The molecule has 0 spiro atoms. The second kappa shape index (κ2) is 6.86. The van der Waals surface area contributed by atoms with Crippen LogP contribution in [0.1, 0.15) is 12.8 Å². The van der Waals surface area contributed by atoms with E-state index in [9.17, 15) is 9.59 Å². The van der Waals surface area contributed by atoms with Crippen LogP contribution in [0.5, 0.6) is 0 Å². The first-order chi connectivity index (χ1) is 11.2. The number of amides is 1. The number of hydrogen-bond acceptors (Lipinski definition) is 7. The molecule has 9 heteroatoms. The third kappa shape index (κ3) is 3.55. The SMILES string of the molecule is COC(=O)C1CCN(C(=O)Cn2nnc(-c3cccs3)n2)CC1. The number of nitrogens with zero attached hydrogens (tertiary/aromatic N) is 5. The van der Waals surface area contributed by atoms with Crippen LogP contribution in [-0.4, -0.2) is 57.2 Å². The highest BCUT2D eigenvalue weighted by molar-refractivity contribution is 7.13. The minimum absolute atomic E-state index is 0.0568. The third-order valence-corrected chi connectivity index (χ3v) is 4.72. The summed E-state index contributed by atoms with van der Waals surface area (Å²) in [5, 5.41) is 14.1. The van der Waals surface area contributed by atoms with Gasteiger partial charge in [-0.05, 0) is 29.5 Å². The fourth-order valence-electron chi connectivity index (χ4n) is 2.57.